The first-order valence-corrected chi connectivity index (χ1v) is 16.5. The number of aromatic amines is 1. The molecule has 7 N–H and O–H groups in total. The molecule has 0 unspecified atom stereocenters. The van der Waals surface area contributed by atoms with Crippen LogP contribution in [0.5, 0.6) is 0 Å². The molecule has 1 heterocycles. The van der Waals surface area contributed by atoms with Crippen LogP contribution in [0, 0.1) is 0 Å². The van der Waals surface area contributed by atoms with Crippen molar-refractivity contribution in [3.8, 4) is 0 Å². The van der Waals surface area contributed by atoms with Crippen molar-refractivity contribution in [2.75, 3.05) is 18.6 Å². The Morgan fingerprint density at radius 3 is 2.17 bits per heavy atom. The number of rotatable bonds is 17. The minimum absolute atomic E-state index is 0.0635. The van der Waals surface area contributed by atoms with Crippen molar-refractivity contribution in [2.45, 2.75) is 90.1 Å². The Labute approximate surface area is 272 Å². The Kier molecular flexibility index (Phi) is 14.9. The summed E-state index contributed by atoms with van der Waals surface area (Å²) in [6, 6.07) is 2.62. The number of benzene rings is 1. The highest BCUT2D eigenvalue weighted by Gasteiger charge is 2.32. The summed E-state index contributed by atoms with van der Waals surface area (Å²) in [5, 5.41) is 23.0. The maximum atomic E-state index is 13.7. The lowest BCUT2D eigenvalue weighted by molar-refractivity contribution is -0.141. The van der Waals surface area contributed by atoms with Gasteiger partial charge in [-0.25, -0.2) is 4.79 Å². The van der Waals surface area contributed by atoms with Crippen molar-refractivity contribution in [3.63, 3.8) is 0 Å². The normalized spacial score (nSPS) is 13.9. The van der Waals surface area contributed by atoms with Crippen molar-refractivity contribution < 1.29 is 38.6 Å². The predicted molar refractivity (Wildman–Crippen MR) is 175 cm³/mol. The molecule has 0 radical (unpaired) electrons. The lowest BCUT2D eigenvalue weighted by Crippen LogP contribution is -2.58. The third-order valence-electron chi connectivity index (χ3n) is 6.66. The van der Waals surface area contributed by atoms with E-state index >= 15 is 0 Å². The van der Waals surface area contributed by atoms with Gasteiger partial charge in [-0.3, -0.25) is 24.0 Å². The Morgan fingerprint density at radius 1 is 0.913 bits per heavy atom. The number of amides is 5. The number of carbonyl (C=O) groups excluding carboxylic acids is 5. The highest BCUT2D eigenvalue weighted by Crippen LogP contribution is 2.20. The van der Waals surface area contributed by atoms with Crippen molar-refractivity contribution >= 4 is 58.4 Å². The third-order valence-corrected chi connectivity index (χ3v) is 7.31. The SMILES string of the molecule is CCCNC(=O)[C@@H](C)NC(=O)[C@H](CC(=O)O)NC(=O)[C@H](CCSC)NC(=O)[C@H](Cc1c[nH]c2ccccc12)NC(=O)OC(C)(C)C. The smallest absolute Gasteiger partial charge is 0.408 e. The first-order valence-electron chi connectivity index (χ1n) is 15.1. The van der Waals surface area contributed by atoms with Crippen LogP contribution < -0.4 is 26.6 Å². The summed E-state index contributed by atoms with van der Waals surface area (Å²) < 4.78 is 5.38. The van der Waals surface area contributed by atoms with Crippen LogP contribution in [-0.4, -0.2) is 94.1 Å². The molecule has 5 amide bonds. The van der Waals surface area contributed by atoms with Gasteiger partial charge < -0.3 is 41.4 Å². The fourth-order valence-electron chi connectivity index (χ4n) is 4.39. The van der Waals surface area contributed by atoms with Crippen LogP contribution in [0.25, 0.3) is 10.9 Å². The molecule has 0 aliphatic heterocycles. The second-order valence-corrected chi connectivity index (χ2v) is 12.8. The number of fused-ring (bicyclic) bond motifs is 1. The summed E-state index contributed by atoms with van der Waals surface area (Å²) >= 11 is 1.42. The Bertz CT molecular complexity index is 1370. The monoisotopic (exact) mass is 662 g/mol. The summed E-state index contributed by atoms with van der Waals surface area (Å²) in [6.45, 7) is 8.77. The molecule has 1 aromatic heterocycles. The van der Waals surface area contributed by atoms with Gasteiger partial charge >= 0.3 is 12.1 Å². The number of carboxylic acids is 1. The Morgan fingerprint density at radius 2 is 1.54 bits per heavy atom. The summed E-state index contributed by atoms with van der Waals surface area (Å²) in [5.41, 5.74) is 0.749. The van der Waals surface area contributed by atoms with E-state index in [4.69, 9.17) is 4.74 Å². The third kappa shape index (κ3) is 12.6. The molecule has 2 rings (SSSR count). The number of ether oxygens (including phenoxy) is 1. The van der Waals surface area contributed by atoms with Gasteiger partial charge in [-0.2, -0.15) is 11.8 Å². The number of aromatic nitrogens is 1. The number of hydrogen-bond donors (Lipinski definition) is 7. The van der Waals surface area contributed by atoms with E-state index in [2.05, 4.69) is 31.6 Å². The molecule has 14 nitrogen and oxygen atoms in total. The number of nitrogens with one attached hydrogen (secondary N) is 6. The van der Waals surface area contributed by atoms with E-state index in [0.717, 1.165) is 16.5 Å². The van der Waals surface area contributed by atoms with E-state index in [1.165, 1.54) is 18.7 Å². The average molecular weight is 663 g/mol. The van der Waals surface area contributed by atoms with E-state index in [-0.39, 0.29) is 12.8 Å². The molecule has 0 spiro atoms. The van der Waals surface area contributed by atoms with Crippen LogP contribution in [0.3, 0.4) is 0 Å². The molecule has 0 bridgehead atoms. The van der Waals surface area contributed by atoms with Gasteiger partial charge in [0.05, 0.1) is 6.42 Å². The van der Waals surface area contributed by atoms with Crippen molar-refractivity contribution in [1.82, 2.24) is 31.6 Å². The molecule has 0 fully saturated rings. The summed E-state index contributed by atoms with van der Waals surface area (Å²) in [5.74, 6) is -3.72. The van der Waals surface area contributed by atoms with E-state index < -0.39 is 71.9 Å². The van der Waals surface area contributed by atoms with E-state index in [9.17, 15) is 33.9 Å². The maximum Gasteiger partial charge on any atom is 0.408 e. The minimum Gasteiger partial charge on any atom is -0.481 e. The predicted octanol–water partition coefficient (Wildman–Crippen LogP) is 1.83. The summed E-state index contributed by atoms with van der Waals surface area (Å²) in [4.78, 5) is 79.8. The molecule has 0 aliphatic rings. The zero-order valence-corrected chi connectivity index (χ0v) is 28.0. The zero-order chi connectivity index (χ0) is 34.4. The van der Waals surface area contributed by atoms with Gasteiger partial charge in [0.15, 0.2) is 0 Å². The molecule has 4 atom stereocenters. The average Bonchev–Trinajstić information content (AvgIpc) is 3.38. The molecule has 0 saturated heterocycles. The van der Waals surface area contributed by atoms with Crippen LogP contribution >= 0.6 is 11.8 Å². The first-order chi connectivity index (χ1) is 21.6. The number of hydrogen-bond acceptors (Lipinski definition) is 8. The van der Waals surface area contributed by atoms with Crippen LogP contribution in [-0.2, 0) is 35.1 Å². The van der Waals surface area contributed by atoms with Crippen LogP contribution in [0.1, 0.15) is 59.4 Å². The van der Waals surface area contributed by atoms with Crippen molar-refractivity contribution in [3.05, 3.63) is 36.0 Å². The fourth-order valence-corrected chi connectivity index (χ4v) is 4.86. The first kappa shape index (κ1) is 37.9. The molecular formula is C31H46N6O8S. The van der Waals surface area contributed by atoms with E-state index in [1.54, 1.807) is 27.0 Å². The topological polar surface area (TPSA) is 208 Å². The highest BCUT2D eigenvalue weighted by atomic mass is 32.2. The Balaban J connectivity index is 2.28. The highest BCUT2D eigenvalue weighted by molar-refractivity contribution is 7.98. The van der Waals surface area contributed by atoms with Gasteiger partial charge in [-0.15, -0.1) is 0 Å². The summed E-state index contributed by atoms with van der Waals surface area (Å²) in [6.07, 6.45) is 2.85. The molecule has 254 valence electrons. The molecule has 15 heteroatoms. The van der Waals surface area contributed by atoms with Gasteiger partial charge in [0.25, 0.3) is 0 Å². The van der Waals surface area contributed by atoms with Crippen LogP contribution in [0.2, 0.25) is 0 Å². The van der Waals surface area contributed by atoms with E-state index in [1.807, 2.05) is 37.4 Å². The number of alkyl carbamates (subject to hydrolysis) is 1. The maximum absolute atomic E-state index is 13.7. The van der Waals surface area contributed by atoms with Gasteiger partial charge in [0.1, 0.15) is 29.8 Å². The van der Waals surface area contributed by atoms with Gasteiger partial charge in [-0.1, -0.05) is 25.1 Å². The number of carboxylic acid groups (broad SMARTS) is 1. The molecule has 0 saturated carbocycles. The lowest BCUT2D eigenvalue weighted by atomic mass is 10.0. The number of thioether (sulfide) groups is 1. The van der Waals surface area contributed by atoms with Gasteiger partial charge in [0.2, 0.25) is 23.6 Å². The van der Waals surface area contributed by atoms with Crippen molar-refractivity contribution in [1.29, 1.82) is 0 Å². The van der Waals surface area contributed by atoms with Crippen molar-refractivity contribution in [2.24, 2.45) is 0 Å². The summed E-state index contributed by atoms with van der Waals surface area (Å²) in [7, 11) is 0. The van der Waals surface area contributed by atoms with Crippen LogP contribution in [0.15, 0.2) is 30.5 Å². The number of H-pyrrole nitrogens is 1. The largest absolute Gasteiger partial charge is 0.481 e. The molecule has 0 aliphatic carbocycles. The quantitative estimate of drug-likeness (QED) is 0.132. The number of para-hydroxylation sites is 1. The standard InChI is InChI=1S/C31H46N6O8S/c1-7-13-32-26(40)18(2)34-28(42)24(16-25(38)39)36-27(41)22(12-14-46-6)35-29(43)23(37-30(44)45-31(3,4)5)15-19-17-33-21-11-9-8-10-20(19)21/h8-11,17-18,22-24,33H,7,12-16H2,1-6H3,(H,32,40)(H,34,42)(H,35,43)(H,36,41)(H,37,44)(H,38,39)/t18-,22+,23+,24+/m1/s1. The second-order valence-electron chi connectivity index (χ2n) is 11.8. The molecular weight excluding hydrogens is 616 g/mol. The lowest BCUT2D eigenvalue weighted by Gasteiger charge is -2.26. The molecule has 1 aromatic carbocycles. The second kappa shape index (κ2) is 18.0. The number of carbonyl (C=O) groups is 6. The minimum atomic E-state index is -1.53. The fraction of sp³-hybridized carbons (Fsp3) is 0.548. The van der Waals surface area contributed by atoms with Crippen LogP contribution in [0.4, 0.5) is 4.79 Å². The molecule has 2 aromatic rings. The van der Waals surface area contributed by atoms with Gasteiger partial charge in [0, 0.05) is 30.1 Å². The zero-order valence-electron chi connectivity index (χ0n) is 27.2. The Hall–Kier alpha value is -4.27. The van der Waals surface area contributed by atoms with E-state index in [0.29, 0.717) is 18.7 Å². The number of aliphatic carboxylic acids is 1. The van der Waals surface area contributed by atoms with Gasteiger partial charge in [-0.05, 0) is 64.2 Å². The molecule has 46 heavy (non-hydrogen) atoms.